The molecule has 0 heterocycles. The molecule has 0 aliphatic heterocycles. The van der Waals surface area contributed by atoms with Crippen LogP contribution in [-0.4, -0.2) is 19.3 Å². The van der Waals surface area contributed by atoms with Crippen molar-refractivity contribution >= 4 is 11.6 Å². The first kappa shape index (κ1) is 14.1. The molecule has 1 atom stereocenters. The molecular formula is C14H18ClNO. The topological polar surface area (TPSA) is 35.2 Å². The highest BCUT2D eigenvalue weighted by Crippen LogP contribution is 2.08. The number of halogens is 1. The van der Waals surface area contributed by atoms with Crippen molar-refractivity contribution in [1.82, 2.24) is 0 Å². The smallest absolute Gasteiger partial charge is 0.0905 e. The number of ether oxygens (including phenoxy) is 1. The number of unbranched alkanes of at least 4 members (excludes halogenated alkanes) is 1. The summed E-state index contributed by atoms with van der Waals surface area (Å²) in [6, 6.07) is 7.14. The van der Waals surface area contributed by atoms with Crippen LogP contribution in [0.4, 0.5) is 0 Å². The second-order valence-electron chi connectivity index (χ2n) is 3.81. The molecule has 2 N–H and O–H groups in total. The van der Waals surface area contributed by atoms with Gasteiger partial charge in [-0.15, -0.1) is 0 Å². The lowest BCUT2D eigenvalue weighted by atomic mass is 10.2. The molecule has 1 rings (SSSR count). The minimum absolute atomic E-state index is 0.234. The van der Waals surface area contributed by atoms with Gasteiger partial charge >= 0.3 is 0 Å². The minimum Gasteiger partial charge on any atom is -0.379 e. The van der Waals surface area contributed by atoms with Crippen LogP contribution in [0.5, 0.6) is 0 Å². The lowest BCUT2D eigenvalue weighted by molar-refractivity contribution is 0.128. The Hall–Kier alpha value is -1.01. The van der Waals surface area contributed by atoms with E-state index in [1.807, 2.05) is 24.3 Å². The van der Waals surface area contributed by atoms with Gasteiger partial charge in [-0.05, 0) is 30.7 Å². The molecule has 2 nitrogen and oxygen atoms in total. The average molecular weight is 252 g/mol. The van der Waals surface area contributed by atoms with Crippen molar-refractivity contribution in [2.75, 3.05) is 13.2 Å². The second kappa shape index (κ2) is 8.14. The van der Waals surface area contributed by atoms with E-state index in [1.165, 1.54) is 0 Å². The molecule has 0 aromatic heterocycles. The van der Waals surface area contributed by atoms with Gasteiger partial charge in [0.05, 0.1) is 12.6 Å². The Morgan fingerprint density at radius 2 is 2.06 bits per heavy atom. The van der Waals surface area contributed by atoms with Gasteiger partial charge in [-0.2, -0.15) is 0 Å². The highest BCUT2D eigenvalue weighted by Gasteiger charge is 1.96. The van der Waals surface area contributed by atoms with Crippen LogP contribution in [0.25, 0.3) is 0 Å². The fourth-order valence-corrected chi connectivity index (χ4v) is 1.33. The van der Waals surface area contributed by atoms with Gasteiger partial charge in [-0.25, -0.2) is 0 Å². The van der Waals surface area contributed by atoms with E-state index in [0.717, 1.165) is 25.0 Å². The van der Waals surface area contributed by atoms with Crippen LogP contribution in [0, 0.1) is 11.8 Å². The third-order valence-electron chi connectivity index (χ3n) is 2.19. The molecular weight excluding hydrogens is 234 g/mol. The number of rotatable bonds is 5. The zero-order valence-corrected chi connectivity index (χ0v) is 10.8. The molecule has 0 saturated heterocycles. The lowest BCUT2D eigenvalue weighted by Gasteiger charge is -2.05. The van der Waals surface area contributed by atoms with E-state index >= 15 is 0 Å². The summed E-state index contributed by atoms with van der Waals surface area (Å²) in [7, 11) is 0. The van der Waals surface area contributed by atoms with E-state index in [1.54, 1.807) is 0 Å². The SMILES string of the molecule is CCCCOCC(N)C#Cc1ccc(Cl)cc1. The standard InChI is InChI=1S/C14H18ClNO/c1-2-3-10-17-11-14(16)9-6-12-4-7-13(15)8-5-12/h4-5,7-8,14H,2-3,10-11,16H2,1H3. The molecule has 0 spiro atoms. The van der Waals surface area contributed by atoms with Crippen LogP contribution >= 0.6 is 11.6 Å². The highest BCUT2D eigenvalue weighted by atomic mass is 35.5. The highest BCUT2D eigenvalue weighted by molar-refractivity contribution is 6.30. The summed E-state index contributed by atoms with van der Waals surface area (Å²) >= 11 is 5.78. The quantitative estimate of drug-likeness (QED) is 0.645. The van der Waals surface area contributed by atoms with Crippen molar-refractivity contribution in [2.45, 2.75) is 25.8 Å². The average Bonchev–Trinajstić information content (AvgIpc) is 2.34. The van der Waals surface area contributed by atoms with Crippen LogP contribution in [0.15, 0.2) is 24.3 Å². The van der Waals surface area contributed by atoms with E-state index in [-0.39, 0.29) is 6.04 Å². The first-order valence-corrected chi connectivity index (χ1v) is 6.20. The van der Waals surface area contributed by atoms with Gasteiger partial charge in [0.1, 0.15) is 0 Å². The summed E-state index contributed by atoms with van der Waals surface area (Å²) in [4.78, 5) is 0. The molecule has 0 radical (unpaired) electrons. The van der Waals surface area contributed by atoms with Gasteiger partial charge < -0.3 is 10.5 Å². The Kier molecular flexibility index (Phi) is 6.73. The maximum absolute atomic E-state index is 5.81. The zero-order chi connectivity index (χ0) is 12.5. The van der Waals surface area contributed by atoms with Crippen LogP contribution in [0.3, 0.4) is 0 Å². The van der Waals surface area contributed by atoms with Crippen molar-refractivity contribution in [3.63, 3.8) is 0 Å². The molecule has 0 bridgehead atoms. The predicted octanol–water partition coefficient (Wildman–Crippen LogP) is 2.84. The fourth-order valence-electron chi connectivity index (χ4n) is 1.21. The van der Waals surface area contributed by atoms with Crippen LogP contribution < -0.4 is 5.73 Å². The summed E-state index contributed by atoms with van der Waals surface area (Å²) in [6.45, 7) is 3.37. The van der Waals surface area contributed by atoms with Crippen molar-refractivity contribution < 1.29 is 4.74 Å². The summed E-state index contributed by atoms with van der Waals surface area (Å²) in [5.74, 6) is 5.95. The second-order valence-corrected chi connectivity index (χ2v) is 4.25. The Morgan fingerprint density at radius 3 is 2.71 bits per heavy atom. The van der Waals surface area contributed by atoms with Crippen molar-refractivity contribution in [1.29, 1.82) is 0 Å². The molecule has 0 aliphatic rings. The van der Waals surface area contributed by atoms with E-state index in [2.05, 4.69) is 18.8 Å². The maximum atomic E-state index is 5.81. The predicted molar refractivity (Wildman–Crippen MR) is 72.0 cm³/mol. The molecule has 1 aromatic rings. The maximum Gasteiger partial charge on any atom is 0.0905 e. The molecule has 0 amide bonds. The number of hydrogen-bond donors (Lipinski definition) is 1. The molecule has 3 heteroatoms. The summed E-state index contributed by atoms with van der Waals surface area (Å²) in [5.41, 5.74) is 6.72. The van der Waals surface area contributed by atoms with Crippen molar-refractivity contribution in [3.8, 4) is 11.8 Å². The van der Waals surface area contributed by atoms with E-state index < -0.39 is 0 Å². The van der Waals surface area contributed by atoms with Gasteiger partial charge in [0.2, 0.25) is 0 Å². The monoisotopic (exact) mass is 251 g/mol. The molecule has 1 aromatic carbocycles. The first-order chi connectivity index (χ1) is 8.22. The van der Waals surface area contributed by atoms with Gasteiger partial charge in [-0.3, -0.25) is 0 Å². The Morgan fingerprint density at radius 1 is 1.35 bits per heavy atom. The van der Waals surface area contributed by atoms with Crippen molar-refractivity contribution in [2.24, 2.45) is 5.73 Å². The fraction of sp³-hybridized carbons (Fsp3) is 0.429. The van der Waals surface area contributed by atoms with Gasteiger partial charge in [0.25, 0.3) is 0 Å². The van der Waals surface area contributed by atoms with Gasteiger partial charge in [-0.1, -0.05) is 36.8 Å². The number of benzene rings is 1. The molecule has 1 unspecified atom stereocenters. The van der Waals surface area contributed by atoms with E-state index in [0.29, 0.717) is 11.6 Å². The molecule has 92 valence electrons. The van der Waals surface area contributed by atoms with Crippen LogP contribution in [0.2, 0.25) is 5.02 Å². The Bertz CT molecular complexity index is 377. The number of nitrogens with two attached hydrogens (primary N) is 1. The van der Waals surface area contributed by atoms with Crippen molar-refractivity contribution in [3.05, 3.63) is 34.9 Å². The summed E-state index contributed by atoms with van der Waals surface area (Å²) in [6.07, 6.45) is 2.20. The third-order valence-corrected chi connectivity index (χ3v) is 2.44. The first-order valence-electron chi connectivity index (χ1n) is 5.83. The molecule has 0 saturated carbocycles. The van der Waals surface area contributed by atoms with E-state index in [4.69, 9.17) is 22.1 Å². The zero-order valence-electron chi connectivity index (χ0n) is 10.1. The number of hydrogen-bond acceptors (Lipinski definition) is 2. The minimum atomic E-state index is -0.234. The Labute approximate surface area is 108 Å². The normalized spacial score (nSPS) is 11.7. The largest absolute Gasteiger partial charge is 0.379 e. The van der Waals surface area contributed by atoms with E-state index in [9.17, 15) is 0 Å². The van der Waals surface area contributed by atoms with Crippen LogP contribution in [0.1, 0.15) is 25.3 Å². The van der Waals surface area contributed by atoms with Gasteiger partial charge in [0, 0.05) is 17.2 Å². The summed E-state index contributed by atoms with van der Waals surface area (Å²) in [5, 5.41) is 0.711. The van der Waals surface area contributed by atoms with Gasteiger partial charge in [0.15, 0.2) is 0 Å². The van der Waals surface area contributed by atoms with Crippen LogP contribution in [-0.2, 0) is 4.74 Å². The summed E-state index contributed by atoms with van der Waals surface area (Å²) < 4.78 is 5.39. The molecule has 0 aliphatic carbocycles. The molecule has 17 heavy (non-hydrogen) atoms. The Balaban J connectivity index is 2.35. The molecule has 0 fully saturated rings. The third kappa shape index (κ3) is 6.33. The lowest BCUT2D eigenvalue weighted by Crippen LogP contribution is -2.24.